The highest BCUT2D eigenvalue weighted by Gasteiger charge is 2.18. The van der Waals surface area contributed by atoms with Crippen molar-refractivity contribution in [3.05, 3.63) is 95.4 Å². The van der Waals surface area contributed by atoms with Crippen molar-refractivity contribution in [2.45, 2.75) is 6.04 Å². The largest absolute Gasteiger partial charge is 0.497 e. The van der Waals surface area contributed by atoms with E-state index in [0.717, 1.165) is 16.7 Å². The van der Waals surface area contributed by atoms with Gasteiger partial charge in [0.05, 0.1) is 26.0 Å². The highest BCUT2D eigenvalue weighted by atomic mass is 32.1. The molecule has 0 aliphatic heterocycles. The van der Waals surface area contributed by atoms with E-state index in [4.69, 9.17) is 9.47 Å². The third-order valence-corrected chi connectivity index (χ3v) is 5.71. The third kappa shape index (κ3) is 4.90. The zero-order chi connectivity index (χ0) is 22.3. The number of ether oxygens (including phenoxy) is 2. The lowest BCUT2D eigenvalue weighted by molar-refractivity contribution is 0.250. The summed E-state index contributed by atoms with van der Waals surface area (Å²) in [6.45, 7) is 0. The molecule has 0 radical (unpaired) electrons. The van der Waals surface area contributed by atoms with Crippen molar-refractivity contribution >= 4 is 22.5 Å². The van der Waals surface area contributed by atoms with E-state index in [1.54, 1.807) is 14.2 Å². The Labute approximate surface area is 190 Å². The second-order valence-corrected chi connectivity index (χ2v) is 7.82. The van der Waals surface area contributed by atoms with Crippen LogP contribution in [0.3, 0.4) is 0 Å². The molecule has 0 fully saturated rings. The van der Waals surface area contributed by atoms with Crippen LogP contribution in [-0.4, -0.2) is 25.2 Å². The lowest BCUT2D eigenvalue weighted by atomic mass is 9.99. The summed E-state index contributed by atoms with van der Waals surface area (Å²) < 4.78 is 10.8. The second kappa shape index (κ2) is 9.98. The van der Waals surface area contributed by atoms with Gasteiger partial charge < -0.3 is 14.8 Å². The molecule has 162 valence electrons. The van der Waals surface area contributed by atoms with Crippen LogP contribution in [-0.2, 0) is 0 Å². The number of hydrogen-bond donors (Lipinski definition) is 2. The Kier molecular flexibility index (Phi) is 6.67. The van der Waals surface area contributed by atoms with Crippen molar-refractivity contribution < 1.29 is 14.3 Å². The van der Waals surface area contributed by atoms with E-state index < -0.39 is 0 Å². The number of thiazole rings is 1. The number of aromatic nitrogens is 1. The number of hydrogen-bond acceptors (Lipinski definition) is 5. The fraction of sp³-hybridized carbons (Fsp3) is 0.120. The van der Waals surface area contributed by atoms with Crippen molar-refractivity contribution in [2.24, 2.45) is 0 Å². The summed E-state index contributed by atoms with van der Waals surface area (Å²) >= 11 is 1.34. The second-order valence-electron chi connectivity index (χ2n) is 6.96. The minimum Gasteiger partial charge on any atom is -0.497 e. The van der Waals surface area contributed by atoms with Crippen LogP contribution in [0.15, 0.2) is 84.2 Å². The fourth-order valence-electron chi connectivity index (χ4n) is 3.38. The van der Waals surface area contributed by atoms with Crippen LogP contribution in [0.25, 0.3) is 11.3 Å². The zero-order valence-corrected chi connectivity index (χ0v) is 18.6. The van der Waals surface area contributed by atoms with Gasteiger partial charge in [0.2, 0.25) is 0 Å². The Morgan fingerprint density at radius 1 is 0.906 bits per heavy atom. The molecule has 1 heterocycles. The molecular weight excluding hydrogens is 422 g/mol. The van der Waals surface area contributed by atoms with Gasteiger partial charge in [0.1, 0.15) is 11.5 Å². The van der Waals surface area contributed by atoms with Gasteiger partial charge in [-0.2, -0.15) is 0 Å². The van der Waals surface area contributed by atoms with Crippen LogP contribution in [0, 0.1) is 0 Å². The van der Waals surface area contributed by atoms with Gasteiger partial charge in [-0.05, 0) is 29.3 Å². The average Bonchev–Trinajstić information content (AvgIpc) is 3.31. The van der Waals surface area contributed by atoms with E-state index in [9.17, 15) is 4.79 Å². The molecule has 0 atom stereocenters. The summed E-state index contributed by atoms with van der Waals surface area (Å²) in [5.74, 6) is 1.38. The Bertz CT molecular complexity index is 1140. The number of nitrogens with one attached hydrogen (secondary N) is 2. The smallest absolute Gasteiger partial charge is 0.321 e. The molecule has 0 unspecified atom stereocenters. The molecule has 0 bridgehead atoms. The number of nitrogens with zero attached hydrogens (tertiary/aromatic N) is 1. The predicted molar refractivity (Wildman–Crippen MR) is 128 cm³/mol. The summed E-state index contributed by atoms with van der Waals surface area (Å²) in [4.78, 5) is 17.4. The van der Waals surface area contributed by atoms with Gasteiger partial charge in [0.25, 0.3) is 0 Å². The van der Waals surface area contributed by atoms with Gasteiger partial charge in [-0.1, -0.05) is 60.7 Å². The topological polar surface area (TPSA) is 72.5 Å². The predicted octanol–water partition coefficient (Wildman–Crippen LogP) is 5.74. The number of benzene rings is 3. The summed E-state index contributed by atoms with van der Waals surface area (Å²) in [7, 11) is 3.22. The maximum absolute atomic E-state index is 12.8. The van der Waals surface area contributed by atoms with E-state index in [1.165, 1.54) is 11.3 Å². The third-order valence-electron chi connectivity index (χ3n) is 4.95. The molecular formula is C25H23N3O3S. The minimum atomic E-state index is -0.332. The molecule has 3 aromatic carbocycles. The number of carbonyl (C=O) groups is 1. The van der Waals surface area contributed by atoms with Crippen molar-refractivity contribution in [3.8, 4) is 22.8 Å². The molecule has 0 aliphatic rings. The van der Waals surface area contributed by atoms with Gasteiger partial charge in [0.15, 0.2) is 5.13 Å². The van der Waals surface area contributed by atoms with Crippen LogP contribution in [0.4, 0.5) is 9.93 Å². The molecule has 7 heteroatoms. The molecule has 6 nitrogen and oxygen atoms in total. The molecule has 4 aromatic rings. The maximum atomic E-state index is 12.8. The Morgan fingerprint density at radius 2 is 1.56 bits per heavy atom. The van der Waals surface area contributed by atoms with E-state index in [0.29, 0.717) is 22.3 Å². The average molecular weight is 446 g/mol. The number of urea groups is 1. The van der Waals surface area contributed by atoms with Gasteiger partial charge >= 0.3 is 6.03 Å². The zero-order valence-electron chi connectivity index (χ0n) is 17.7. The number of rotatable bonds is 7. The van der Waals surface area contributed by atoms with Gasteiger partial charge in [0, 0.05) is 10.9 Å². The van der Waals surface area contributed by atoms with Crippen molar-refractivity contribution in [1.82, 2.24) is 10.3 Å². The fourth-order valence-corrected chi connectivity index (χ4v) is 4.09. The van der Waals surface area contributed by atoms with Gasteiger partial charge in [-0.25, -0.2) is 9.78 Å². The molecule has 2 N–H and O–H groups in total. The molecule has 1 aromatic heterocycles. The molecule has 4 rings (SSSR count). The molecule has 0 aliphatic carbocycles. The normalized spacial score (nSPS) is 10.6. The first-order chi connectivity index (χ1) is 15.7. The van der Waals surface area contributed by atoms with Crippen molar-refractivity contribution in [1.29, 1.82) is 0 Å². The summed E-state index contributed by atoms with van der Waals surface area (Å²) in [5, 5.41) is 8.28. The molecule has 2 amide bonds. The van der Waals surface area contributed by atoms with Crippen LogP contribution in [0.5, 0.6) is 11.5 Å². The number of anilines is 1. The van der Waals surface area contributed by atoms with Gasteiger partial charge in [-0.3, -0.25) is 5.32 Å². The van der Waals surface area contributed by atoms with E-state index in [1.807, 2.05) is 84.2 Å². The van der Waals surface area contributed by atoms with Gasteiger partial charge in [-0.15, -0.1) is 11.3 Å². The standard InChI is InChI=1S/C25H23N3O3S/c1-30-19-13-14-22(31-2)20(15-19)21-16-32-25(26-21)28-24(29)27-23(17-9-5-3-6-10-17)18-11-7-4-8-12-18/h3-16,23H,1-2H3,(H2,26,27,28,29). The van der Waals surface area contributed by atoms with Crippen molar-refractivity contribution in [3.63, 3.8) is 0 Å². The molecule has 0 saturated carbocycles. The van der Waals surface area contributed by atoms with Crippen LogP contribution in [0.1, 0.15) is 17.2 Å². The highest BCUT2D eigenvalue weighted by molar-refractivity contribution is 7.14. The monoisotopic (exact) mass is 445 g/mol. The molecule has 0 saturated heterocycles. The maximum Gasteiger partial charge on any atom is 0.321 e. The van der Waals surface area contributed by atoms with Crippen LogP contribution in [0.2, 0.25) is 0 Å². The highest BCUT2D eigenvalue weighted by Crippen LogP contribution is 2.35. The Morgan fingerprint density at radius 3 is 2.16 bits per heavy atom. The lowest BCUT2D eigenvalue weighted by Crippen LogP contribution is -2.33. The summed E-state index contributed by atoms with van der Waals surface area (Å²) in [6, 6.07) is 24.6. The van der Waals surface area contributed by atoms with Crippen LogP contribution >= 0.6 is 11.3 Å². The first-order valence-corrected chi connectivity index (χ1v) is 10.9. The Balaban J connectivity index is 1.53. The SMILES string of the molecule is COc1ccc(OC)c(-c2csc(NC(=O)NC(c3ccccc3)c3ccccc3)n2)c1. The van der Waals surface area contributed by atoms with Crippen LogP contribution < -0.4 is 20.1 Å². The quantitative estimate of drug-likeness (QED) is 0.381. The molecule has 0 spiro atoms. The first-order valence-electron chi connectivity index (χ1n) is 10.0. The number of amides is 2. The molecule has 32 heavy (non-hydrogen) atoms. The number of carbonyl (C=O) groups excluding carboxylic acids is 1. The van der Waals surface area contributed by atoms with E-state index in [-0.39, 0.29) is 12.1 Å². The lowest BCUT2D eigenvalue weighted by Gasteiger charge is -2.19. The summed E-state index contributed by atoms with van der Waals surface area (Å²) in [5.41, 5.74) is 3.48. The minimum absolute atomic E-state index is 0.282. The number of methoxy groups -OCH3 is 2. The van der Waals surface area contributed by atoms with E-state index >= 15 is 0 Å². The summed E-state index contributed by atoms with van der Waals surface area (Å²) in [6.07, 6.45) is 0. The Hall–Kier alpha value is -3.84. The van der Waals surface area contributed by atoms with Crippen molar-refractivity contribution in [2.75, 3.05) is 19.5 Å². The first kappa shape index (κ1) is 21.4. The van der Waals surface area contributed by atoms with E-state index in [2.05, 4.69) is 15.6 Å².